The van der Waals surface area contributed by atoms with E-state index in [1.54, 1.807) is 12.1 Å². The molecule has 4 rings (SSSR count). The molecule has 0 saturated carbocycles. The number of nitrogens with zero attached hydrogens (tertiary/aromatic N) is 1. The third kappa shape index (κ3) is 2.47. The smallest absolute Gasteiger partial charge is 0.123 e. The number of nitriles is 1. The molecule has 4 heteroatoms. The van der Waals surface area contributed by atoms with Crippen molar-refractivity contribution in [2.24, 2.45) is 5.92 Å². The molecule has 2 aliphatic heterocycles. The highest BCUT2D eigenvalue weighted by atomic mass is 19.1. The number of hydrogen-bond donors (Lipinski definition) is 1. The molecule has 0 aliphatic carbocycles. The average Bonchev–Trinajstić information content (AvgIpc) is 3.04. The van der Waals surface area contributed by atoms with E-state index in [2.05, 4.69) is 17.5 Å². The first-order valence-corrected chi connectivity index (χ1v) is 7.89. The number of anilines is 1. The molecule has 0 radical (unpaired) electrons. The number of ether oxygens (including phenoxy) is 1. The summed E-state index contributed by atoms with van der Waals surface area (Å²) in [5.41, 5.74) is 4.10. The number of benzene rings is 2. The van der Waals surface area contributed by atoms with Crippen LogP contribution in [-0.4, -0.2) is 6.61 Å². The van der Waals surface area contributed by atoms with Crippen molar-refractivity contribution in [2.75, 3.05) is 11.9 Å². The summed E-state index contributed by atoms with van der Waals surface area (Å²) in [7, 11) is 0. The SMILES string of the molecule is N#CCc1ccc2c(c1)C1OCCC1C(c1cccc(F)c1)N2. The second-order valence-electron chi connectivity index (χ2n) is 6.18. The molecule has 1 saturated heterocycles. The molecule has 0 spiro atoms. The summed E-state index contributed by atoms with van der Waals surface area (Å²) in [5.74, 6) is 0.0663. The fourth-order valence-corrected chi connectivity index (χ4v) is 3.75. The van der Waals surface area contributed by atoms with Gasteiger partial charge >= 0.3 is 0 Å². The van der Waals surface area contributed by atoms with E-state index in [1.807, 2.05) is 18.2 Å². The molecule has 0 aromatic heterocycles. The zero-order valence-corrected chi connectivity index (χ0v) is 12.6. The maximum absolute atomic E-state index is 13.6. The van der Waals surface area contributed by atoms with Crippen LogP contribution in [0.4, 0.5) is 10.1 Å². The Balaban J connectivity index is 1.75. The summed E-state index contributed by atoms with van der Waals surface area (Å²) in [5, 5.41) is 12.4. The van der Waals surface area contributed by atoms with Crippen molar-refractivity contribution in [3.8, 4) is 6.07 Å². The largest absolute Gasteiger partial charge is 0.378 e. The summed E-state index contributed by atoms with van der Waals surface area (Å²) in [6, 6.07) is 15.1. The minimum absolute atomic E-state index is 0.0122. The van der Waals surface area contributed by atoms with E-state index in [4.69, 9.17) is 10.00 Å². The van der Waals surface area contributed by atoms with Gasteiger partial charge in [-0.3, -0.25) is 0 Å². The lowest BCUT2D eigenvalue weighted by Gasteiger charge is -2.36. The van der Waals surface area contributed by atoms with Gasteiger partial charge in [-0.25, -0.2) is 4.39 Å². The molecular weight excluding hydrogens is 291 g/mol. The van der Waals surface area contributed by atoms with Crippen molar-refractivity contribution in [2.45, 2.75) is 25.0 Å². The average molecular weight is 308 g/mol. The van der Waals surface area contributed by atoms with Crippen molar-refractivity contribution in [1.82, 2.24) is 0 Å². The molecule has 2 aromatic rings. The van der Waals surface area contributed by atoms with E-state index >= 15 is 0 Å². The highest BCUT2D eigenvalue weighted by Crippen LogP contribution is 2.50. The summed E-state index contributed by atoms with van der Waals surface area (Å²) in [6.45, 7) is 0.713. The van der Waals surface area contributed by atoms with Gasteiger partial charge in [-0.2, -0.15) is 5.26 Å². The van der Waals surface area contributed by atoms with Crippen LogP contribution in [0.5, 0.6) is 0 Å². The number of hydrogen-bond acceptors (Lipinski definition) is 3. The summed E-state index contributed by atoms with van der Waals surface area (Å²) < 4.78 is 19.6. The van der Waals surface area contributed by atoms with Gasteiger partial charge < -0.3 is 10.1 Å². The summed E-state index contributed by atoms with van der Waals surface area (Å²) in [6.07, 6.45) is 1.36. The quantitative estimate of drug-likeness (QED) is 0.907. The first kappa shape index (κ1) is 14.2. The zero-order chi connectivity index (χ0) is 15.8. The fourth-order valence-electron chi connectivity index (χ4n) is 3.75. The lowest BCUT2D eigenvalue weighted by atomic mass is 9.80. The van der Waals surface area contributed by atoms with Crippen LogP contribution in [0.3, 0.4) is 0 Å². The normalized spacial score (nSPS) is 25.1. The van der Waals surface area contributed by atoms with Gasteiger partial charge in [0.2, 0.25) is 0 Å². The Morgan fingerprint density at radius 2 is 2.17 bits per heavy atom. The molecule has 2 heterocycles. The monoisotopic (exact) mass is 308 g/mol. The molecule has 3 unspecified atom stereocenters. The molecular formula is C19H17FN2O. The van der Waals surface area contributed by atoms with Crippen LogP contribution in [-0.2, 0) is 11.2 Å². The lowest BCUT2D eigenvalue weighted by molar-refractivity contribution is 0.0828. The van der Waals surface area contributed by atoms with Gasteiger partial charge in [0.25, 0.3) is 0 Å². The Hall–Kier alpha value is -2.38. The van der Waals surface area contributed by atoms with Crippen LogP contribution in [0.15, 0.2) is 42.5 Å². The van der Waals surface area contributed by atoms with Crippen LogP contribution in [0.2, 0.25) is 0 Å². The van der Waals surface area contributed by atoms with Crippen molar-refractivity contribution in [3.05, 3.63) is 65.0 Å². The first-order chi connectivity index (χ1) is 11.3. The highest BCUT2D eigenvalue weighted by molar-refractivity contribution is 5.58. The van der Waals surface area contributed by atoms with E-state index in [1.165, 1.54) is 6.07 Å². The van der Waals surface area contributed by atoms with Crippen molar-refractivity contribution < 1.29 is 9.13 Å². The van der Waals surface area contributed by atoms with Crippen LogP contribution < -0.4 is 5.32 Å². The minimum atomic E-state index is -0.213. The van der Waals surface area contributed by atoms with Crippen molar-refractivity contribution >= 4 is 5.69 Å². The summed E-state index contributed by atoms with van der Waals surface area (Å²) in [4.78, 5) is 0. The Kier molecular flexibility index (Phi) is 3.51. The van der Waals surface area contributed by atoms with Crippen LogP contribution in [0, 0.1) is 23.1 Å². The second kappa shape index (κ2) is 5.68. The van der Waals surface area contributed by atoms with Gasteiger partial charge in [0.15, 0.2) is 0 Å². The number of fused-ring (bicyclic) bond motifs is 3. The van der Waals surface area contributed by atoms with Gasteiger partial charge in [-0.1, -0.05) is 24.3 Å². The Morgan fingerprint density at radius 1 is 1.26 bits per heavy atom. The molecule has 1 N–H and O–H groups in total. The van der Waals surface area contributed by atoms with Crippen LogP contribution in [0.1, 0.15) is 35.3 Å². The standard InChI is InChI=1S/C19H17FN2O/c20-14-3-1-2-13(11-14)18-15-7-9-23-19(15)16-10-12(6-8-21)4-5-17(16)22-18/h1-5,10-11,15,18-19,22H,6-7,9H2. The predicted molar refractivity (Wildman–Crippen MR) is 85.3 cm³/mol. The van der Waals surface area contributed by atoms with E-state index in [0.717, 1.165) is 28.8 Å². The van der Waals surface area contributed by atoms with Gasteiger partial charge in [-0.15, -0.1) is 0 Å². The van der Waals surface area contributed by atoms with Gasteiger partial charge in [0, 0.05) is 23.8 Å². The molecule has 0 bridgehead atoms. The Labute approximate surface area is 134 Å². The van der Waals surface area contributed by atoms with E-state index in [0.29, 0.717) is 13.0 Å². The molecule has 1 fully saturated rings. The molecule has 2 aliphatic rings. The first-order valence-electron chi connectivity index (χ1n) is 7.89. The lowest BCUT2D eigenvalue weighted by Crippen LogP contribution is -2.29. The van der Waals surface area contributed by atoms with Crippen molar-refractivity contribution in [3.63, 3.8) is 0 Å². The molecule has 0 amide bonds. The molecule has 23 heavy (non-hydrogen) atoms. The molecule has 2 aromatic carbocycles. The second-order valence-corrected chi connectivity index (χ2v) is 6.18. The fraction of sp³-hybridized carbons (Fsp3) is 0.316. The third-order valence-corrected chi connectivity index (χ3v) is 4.79. The van der Waals surface area contributed by atoms with E-state index < -0.39 is 0 Å². The zero-order valence-electron chi connectivity index (χ0n) is 12.6. The summed E-state index contributed by atoms with van der Waals surface area (Å²) >= 11 is 0. The van der Waals surface area contributed by atoms with Crippen LogP contribution >= 0.6 is 0 Å². The van der Waals surface area contributed by atoms with Gasteiger partial charge in [0.1, 0.15) is 5.82 Å². The van der Waals surface area contributed by atoms with Crippen molar-refractivity contribution in [1.29, 1.82) is 5.26 Å². The van der Waals surface area contributed by atoms with E-state index in [9.17, 15) is 4.39 Å². The number of nitrogens with one attached hydrogen (secondary N) is 1. The molecule has 3 atom stereocenters. The van der Waals surface area contributed by atoms with Gasteiger partial charge in [-0.05, 0) is 35.7 Å². The van der Waals surface area contributed by atoms with E-state index in [-0.39, 0.29) is 23.9 Å². The third-order valence-electron chi connectivity index (χ3n) is 4.79. The highest BCUT2D eigenvalue weighted by Gasteiger charge is 2.41. The maximum atomic E-state index is 13.6. The maximum Gasteiger partial charge on any atom is 0.123 e. The molecule has 116 valence electrons. The predicted octanol–water partition coefficient (Wildman–Crippen LogP) is 4.14. The number of halogens is 1. The Morgan fingerprint density at radius 3 is 3.00 bits per heavy atom. The molecule has 3 nitrogen and oxygen atoms in total. The van der Waals surface area contributed by atoms with Crippen LogP contribution in [0.25, 0.3) is 0 Å². The number of rotatable bonds is 2. The Bertz CT molecular complexity index is 783. The topological polar surface area (TPSA) is 45.0 Å². The van der Waals surface area contributed by atoms with Gasteiger partial charge in [0.05, 0.1) is 24.6 Å². The minimum Gasteiger partial charge on any atom is -0.378 e.